The smallest absolute Gasteiger partial charge is 0.475 e. The first kappa shape index (κ1) is 27.8. The van der Waals surface area contributed by atoms with E-state index in [1.165, 1.54) is 12.1 Å². The Hall–Kier alpha value is -4.79. The van der Waals surface area contributed by atoms with Crippen LogP contribution in [0.4, 0.5) is 29.3 Å². The molecule has 3 aromatic heterocycles. The summed E-state index contributed by atoms with van der Waals surface area (Å²) in [5, 5.41) is 10.5. The van der Waals surface area contributed by atoms with Crippen LogP contribution in [0.2, 0.25) is 0 Å². The van der Waals surface area contributed by atoms with Crippen molar-refractivity contribution in [3.63, 3.8) is 0 Å². The van der Waals surface area contributed by atoms with Gasteiger partial charge in [-0.2, -0.15) is 23.1 Å². The average molecular weight is 572 g/mol. The molecule has 0 amide bonds. The third kappa shape index (κ3) is 6.35. The summed E-state index contributed by atoms with van der Waals surface area (Å²) in [6.07, 6.45) is -3.42. The van der Waals surface area contributed by atoms with Crippen LogP contribution >= 0.6 is 0 Å². The fourth-order valence-corrected chi connectivity index (χ4v) is 4.23. The van der Waals surface area contributed by atoms with Crippen molar-refractivity contribution in [2.45, 2.75) is 12.7 Å². The molecular formula is C26H25F4N9O2. The maximum Gasteiger partial charge on any atom is 0.490 e. The Morgan fingerprint density at radius 2 is 1.78 bits per heavy atom. The molecule has 1 saturated heterocycles. The first-order valence-corrected chi connectivity index (χ1v) is 12.5. The Morgan fingerprint density at radius 3 is 2.46 bits per heavy atom. The highest BCUT2D eigenvalue weighted by atomic mass is 19.4. The number of carbonyl (C=O) groups is 1. The SMILES string of the molecule is CN1CCN(c2nc(NCc3nc4ccccc4[nH]3)c3ncn(-c4cccc(F)c4)c3n2)CC1.O=C(O)C(F)(F)F. The van der Waals surface area contributed by atoms with Gasteiger partial charge in [0.15, 0.2) is 17.0 Å². The Kier molecular flexibility index (Phi) is 7.70. The molecule has 11 nitrogen and oxygen atoms in total. The number of aromatic amines is 1. The van der Waals surface area contributed by atoms with Gasteiger partial charge >= 0.3 is 12.1 Å². The minimum atomic E-state index is -5.08. The van der Waals surface area contributed by atoms with E-state index in [-0.39, 0.29) is 5.82 Å². The number of rotatable bonds is 5. The summed E-state index contributed by atoms with van der Waals surface area (Å²) in [4.78, 5) is 35.6. The molecule has 0 aliphatic carbocycles. The van der Waals surface area contributed by atoms with Gasteiger partial charge in [-0.15, -0.1) is 0 Å². The van der Waals surface area contributed by atoms with E-state index in [4.69, 9.17) is 19.9 Å². The van der Waals surface area contributed by atoms with Crippen LogP contribution in [0, 0.1) is 5.82 Å². The summed E-state index contributed by atoms with van der Waals surface area (Å²) in [5.41, 5.74) is 3.81. The fraction of sp³-hybridized carbons (Fsp3) is 0.269. The van der Waals surface area contributed by atoms with Gasteiger partial charge in [-0.1, -0.05) is 18.2 Å². The standard InChI is InChI=1S/C24H24FN9.C2HF3O2/c1-32-9-11-33(12-10-32)24-30-22(26-14-20-28-18-7-2-3-8-19(18)29-20)21-23(31-24)34(15-27-21)17-6-4-5-16(25)13-17;3-2(4,5)1(6)7/h2-8,13,15H,9-12,14H2,1H3,(H,28,29)(H,26,30,31);(H,6,7). The lowest BCUT2D eigenvalue weighted by Crippen LogP contribution is -2.45. The van der Waals surface area contributed by atoms with Gasteiger partial charge < -0.3 is 25.2 Å². The van der Waals surface area contributed by atoms with E-state index in [0.29, 0.717) is 35.2 Å². The largest absolute Gasteiger partial charge is 0.490 e. The number of H-pyrrole nitrogens is 1. The number of likely N-dealkylation sites (N-methyl/N-ethyl adjacent to an activating group) is 1. The van der Waals surface area contributed by atoms with E-state index in [0.717, 1.165) is 43.0 Å². The van der Waals surface area contributed by atoms with Crippen molar-refractivity contribution >= 4 is 39.9 Å². The number of carboxylic acids is 1. The van der Waals surface area contributed by atoms with Crippen molar-refractivity contribution in [1.82, 2.24) is 34.4 Å². The molecule has 0 unspecified atom stereocenters. The highest BCUT2D eigenvalue weighted by molar-refractivity contribution is 5.85. The second-order valence-electron chi connectivity index (χ2n) is 9.29. The van der Waals surface area contributed by atoms with Crippen molar-refractivity contribution in [3.8, 4) is 5.69 Å². The number of fused-ring (bicyclic) bond motifs is 2. The fourth-order valence-electron chi connectivity index (χ4n) is 4.23. The van der Waals surface area contributed by atoms with Crippen LogP contribution in [0.5, 0.6) is 0 Å². The number of nitrogens with zero attached hydrogens (tertiary/aromatic N) is 7. The van der Waals surface area contributed by atoms with Gasteiger partial charge in [-0.05, 0) is 37.4 Å². The van der Waals surface area contributed by atoms with Gasteiger partial charge in [-0.25, -0.2) is 19.2 Å². The molecule has 4 heterocycles. The molecule has 0 radical (unpaired) electrons. The molecule has 1 aliphatic heterocycles. The molecule has 214 valence electrons. The zero-order valence-corrected chi connectivity index (χ0v) is 21.7. The molecule has 0 spiro atoms. The monoisotopic (exact) mass is 571 g/mol. The highest BCUT2D eigenvalue weighted by Crippen LogP contribution is 2.26. The summed E-state index contributed by atoms with van der Waals surface area (Å²) in [5.74, 6) is -1.01. The molecule has 1 fully saturated rings. The zero-order chi connectivity index (χ0) is 29.1. The third-order valence-corrected chi connectivity index (χ3v) is 6.36. The molecule has 15 heteroatoms. The number of halogens is 4. The van der Waals surface area contributed by atoms with E-state index >= 15 is 0 Å². The van der Waals surface area contributed by atoms with Gasteiger partial charge in [0.05, 0.1) is 23.3 Å². The number of hydrogen-bond acceptors (Lipinski definition) is 8. The van der Waals surface area contributed by atoms with Gasteiger partial charge in [-0.3, -0.25) is 4.57 Å². The summed E-state index contributed by atoms with van der Waals surface area (Å²) >= 11 is 0. The maximum absolute atomic E-state index is 13.9. The molecule has 1 aliphatic rings. The van der Waals surface area contributed by atoms with Crippen molar-refractivity contribution < 1.29 is 27.5 Å². The Morgan fingerprint density at radius 1 is 1.05 bits per heavy atom. The number of aliphatic carboxylic acids is 1. The topological polar surface area (TPSA) is 128 Å². The predicted octanol–water partition coefficient (Wildman–Crippen LogP) is 3.83. The number of piperazine rings is 1. The van der Waals surface area contributed by atoms with Crippen LogP contribution in [-0.2, 0) is 11.3 Å². The van der Waals surface area contributed by atoms with Crippen LogP contribution in [0.25, 0.3) is 27.9 Å². The van der Waals surface area contributed by atoms with Crippen molar-refractivity contribution in [3.05, 3.63) is 66.5 Å². The number of aromatic nitrogens is 6. The molecule has 0 bridgehead atoms. The zero-order valence-electron chi connectivity index (χ0n) is 21.7. The molecular weight excluding hydrogens is 546 g/mol. The van der Waals surface area contributed by atoms with Crippen LogP contribution in [0.3, 0.4) is 0 Å². The number of para-hydroxylation sites is 2. The second-order valence-corrected chi connectivity index (χ2v) is 9.29. The molecule has 5 aromatic rings. The first-order valence-electron chi connectivity index (χ1n) is 12.5. The van der Waals surface area contributed by atoms with Crippen LogP contribution in [0.1, 0.15) is 5.82 Å². The average Bonchev–Trinajstić information content (AvgIpc) is 3.56. The highest BCUT2D eigenvalue weighted by Gasteiger charge is 2.38. The molecule has 3 N–H and O–H groups in total. The van der Waals surface area contributed by atoms with Crippen molar-refractivity contribution in [2.24, 2.45) is 0 Å². The second kappa shape index (κ2) is 11.4. The van der Waals surface area contributed by atoms with Gasteiger partial charge in [0.25, 0.3) is 0 Å². The minimum absolute atomic E-state index is 0.309. The molecule has 0 saturated carbocycles. The first-order chi connectivity index (χ1) is 19.6. The van der Waals surface area contributed by atoms with Crippen molar-refractivity contribution in [1.29, 1.82) is 0 Å². The number of hydrogen-bond donors (Lipinski definition) is 3. The van der Waals surface area contributed by atoms with E-state index in [9.17, 15) is 17.6 Å². The quantitative estimate of drug-likeness (QED) is 0.270. The summed E-state index contributed by atoms with van der Waals surface area (Å²) in [7, 11) is 2.11. The number of anilines is 2. The number of imidazole rings is 2. The lowest BCUT2D eigenvalue weighted by atomic mass is 10.3. The molecule has 2 aromatic carbocycles. The maximum atomic E-state index is 13.9. The third-order valence-electron chi connectivity index (χ3n) is 6.36. The van der Waals surface area contributed by atoms with E-state index in [1.807, 2.05) is 30.3 Å². The minimum Gasteiger partial charge on any atom is -0.475 e. The van der Waals surface area contributed by atoms with Crippen LogP contribution in [-0.4, -0.2) is 84.9 Å². The molecule has 6 rings (SSSR count). The van der Waals surface area contributed by atoms with Crippen LogP contribution in [0.15, 0.2) is 54.9 Å². The lowest BCUT2D eigenvalue weighted by molar-refractivity contribution is -0.192. The molecule has 41 heavy (non-hydrogen) atoms. The number of alkyl halides is 3. The van der Waals surface area contributed by atoms with E-state index < -0.39 is 12.1 Å². The number of benzene rings is 2. The van der Waals surface area contributed by atoms with E-state index in [1.54, 1.807) is 17.0 Å². The Labute approximate surface area is 230 Å². The molecule has 0 atom stereocenters. The normalized spacial score (nSPS) is 14.2. The predicted molar refractivity (Wildman–Crippen MR) is 143 cm³/mol. The summed E-state index contributed by atoms with van der Waals surface area (Å²) in [6.45, 7) is 3.99. The Balaban J connectivity index is 0.000000431. The van der Waals surface area contributed by atoms with Crippen molar-refractivity contribution in [2.75, 3.05) is 43.4 Å². The number of carboxylic acid groups (broad SMARTS) is 1. The summed E-state index contributed by atoms with van der Waals surface area (Å²) < 4.78 is 47.5. The van der Waals surface area contributed by atoms with E-state index in [2.05, 4.69) is 37.1 Å². The van der Waals surface area contributed by atoms with Gasteiger partial charge in [0.1, 0.15) is 18.0 Å². The lowest BCUT2D eigenvalue weighted by Gasteiger charge is -2.32. The summed E-state index contributed by atoms with van der Waals surface area (Å²) in [6, 6.07) is 14.3. The van der Waals surface area contributed by atoms with Gasteiger partial charge in [0.2, 0.25) is 5.95 Å². The van der Waals surface area contributed by atoms with Gasteiger partial charge in [0, 0.05) is 26.2 Å². The Bertz CT molecular complexity index is 1640. The van der Waals surface area contributed by atoms with Crippen LogP contribution < -0.4 is 10.2 Å². The number of nitrogens with one attached hydrogen (secondary N) is 2.